The minimum absolute atomic E-state index is 0.0690. The Labute approximate surface area is 180 Å². The van der Waals surface area contributed by atoms with Gasteiger partial charge in [0.1, 0.15) is 17.2 Å². The molecule has 0 aliphatic carbocycles. The topological polar surface area (TPSA) is 121 Å². The van der Waals surface area contributed by atoms with Crippen LogP contribution in [0.1, 0.15) is 20.7 Å². The quantitative estimate of drug-likeness (QED) is 0.371. The number of imide groups is 1. The zero-order valence-electron chi connectivity index (χ0n) is 16.4. The Hall–Kier alpha value is -3.29. The number of fused-ring (bicyclic) bond motifs is 1. The van der Waals surface area contributed by atoms with Crippen LogP contribution in [0.4, 0.5) is 14.5 Å². The molecule has 0 bridgehead atoms. The molecule has 2 aliphatic heterocycles. The van der Waals surface area contributed by atoms with Gasteiger partial charge in [-0.15, -0.1) is 0 Å². The number of halogens is 2. The van der Waals surface area contributed by atoms with Crippen molar-refractivity contribution in [3.8, 4) is 0 Å². The van der Waals surface area contributed by atoms with Crippen LogP contribution in [-0.4, -0.2) is 72.1 Å². The van der Waals surface area contributed by atoms with E-state index >= 15 is 0 Å². The second-order valence-corrected chi connectivity index (χ2v) is 9.08. The molecule has 168 valence electrons. The molecule has 2 aromatic carbocycles. The Kier molecular flexibility index (Phi) is 5.48. The molecule has 32 heavy (non-hydrogen) atoms. The highest BCUT2D eigenvalue weighted by atomic mass is 32.2. The van der Waals surface area contributed by atoms with Crippen LogP contribution < -0.4 is 0 Å². The largest absolute Gasteiger partial charge is 0.283 e. The first-order valence-electron chi connectivity index (χ1n) is 9.43. The Morgan fingerprint density at radius 1 is 0.938 bits per heavy atom. The van der Waals surface area contributed by atoms with Gasteiger partial charge in [0.25, 0.3) is 17.5 Å². The van der Waals surface area contributed by atoms with E-state index in [-0.39, 0.29) is 44.0 Å². The maximum atomic E-state index is 14.0. The maximum Gasteiger partial charge on any atom is 0.282 e. The summed E-state index contributed by atoms with van der Waals surface area (Å²) in [6.07, 6.45) is 0. The number of piperazine rings is 1. The summed E-state index contributed by atoms with van der Waals surface area (Å²) in [6.45, 7) is -0.306. The van der Waals surface area contributed by atoms with Crippen LogP contribution in [0.3, 0.4) is 0 Å². The van der Waals surface area contributed by atoms with Crippen molar-refractivity contribution >= 4 is 27.5 Å². The summed E-state index contributed by atoms with van der Waals surface area (Å²) in [4.78, 5) is 37.2. The molecule has 0 unspecified atom stereocenters. The number of benzene rings is 2. The molecular formula is C19H16F2N4O6S. The summed E-state index contributed by atoms with van der Waals surface area (Å²) in [5.74, 6) is -3.88. The fourth-order valence-electron chi connectivity index (χ4n) is 3.77. The molecule has 2 heterocycles. The third-order valence-corrected chi connectivity index (χ3v) is 7.31. The predicted molar refractivity (Wildman–Crippen MR) is 105 cm³/mol. The van der Waals surface area contributed by atoms with Gasteiger partial charge in [-0.1, -0.05) is 12.1 Å². The standard InChI is InChI=1S/C19H16F2N4O6S/c20-13-4-2-5-14(21)17(13)32(30,31)23-9-7-22(8-10-23)11-24-18(26)12-3-1-6-15(25(28)29)16(12)19(24)27/h1-6H,7-11H2. The summed E-state index contributed by atoms with van der Waals surface area (Å²) in [6, 6.07) is 6.56. The molecule has 0 spiro atoms. The molecule has 1 saturated heterocycles. The summed E-state index contributed by atoms with van der Waals surface area (Å²) < 4.78 is 54.2. The summed E-state index contributed by atoms with van der Waals surface area (Å²) >= 11 is 0. The van der Waals surface area contributed by atoms with Gasteiger partial charge in [-0.05, 0) is 18.2 Å². The molecule has 0 radical (unpaired) electrons. The van der Waals surface area contributed by atoms with Crippen molar-refractivity contribution in [3.63, 3.8) is 0 Å². The monoisotopic (exact) mass is 466 g/mol. The lowest BCUT2D eigenvalue weighted by molar-refractivity contribution is -0.385. The predicted octanol–water partition coefficient (Wildman–Crippen LogP) is 1.43. The zero-order valence-corrected chi connectivity index (χ0v) is 17.2. The second-order valence-electron chi connectivity index (χ2n) is 7.21. The van der Waals surface area contributed by atoms with E-state index in [1.165, 1.54) is 12.1 Å². The number of nitrogens with zero attached hydrogens (tertiary/aromatic N) is 4. The maximum absolute atomic E-state index is 14.0. The van der Waals surface area contributed by atoms with Crippen molar-refractivity contribution < 1.29 is 31.7 Å². The molecule has 0 aromatic heterocycles. The number of amides is 2. The van der Waals surface area contributed by atoms with E-state index in [0.29, 0.717) is 0 Å². The van der Waals surface area contributed by atoms with Crippen molar-refractivity contribution in [2.75, 3.05) is 32.8 Å². The molecule has 10 nitrogen and oxygen atoms in total. The number of nitro benzene ring substituents is 1. The SMILES string of the molecule is O=C1c2cccc([N+](=O)[O-])c2C(=O)N1CN1CCN(S(=O)(=O)c2c(F)cccc2F)CC1. The van der Waals surface area contributed by atoms with E-state index in [2.05, 4.69) is 0 Å². The van der Waals surface area contributed by atoms with Gasteiger partial charge in [-0.2, -0.15) is 4.31 Å². The van der Waals surface area contributed by atoms with Crippen LogP contribution in [0, 0.1) is 21.7 Å². The number of rotatable bonds is 5. The number of sulfonamides is 1. The first-order chi connectivity index (χ1) is 15.1. The van der Waals surface area contributed by atoms with Crippen molar-refractivity contribution in [1.29, 1.82) is 0 Å². The Balaban J connectivity index is 1.47. The molecule has 0 saturated carbocycles. The van der Waals surface area contributed by atoms with Crippen LogP contribution in [0.5, 0.6) is 0 Å². The van der Waals surface area contributed by atoms with Crippen LogP contribution in [0.15, 0.2) is 41.3 Å². The number of carbonyl (C=O) groups excluding carboxylic acids is 2. The van der Waals surface area contributed by atoms with E-state index in [9.17, 15) is 36.9 Å². The van der Waals surface area contributed by atoms with Gasteiger partial charge < -0.3 is 0 Å². The van der Waals surface area contributed by atoms with Gasteiger partial charge in [0.15, 0.2) is 4.90 Å². The average molecular weight is 466 g/mol. The third-order valence-electron chi connectivity index (χ3n) is 5.36. The molecule has 2 aliphatic rings. The number of carbonyl (C=O) groups is 2. The van der Waals surface area contributed by atoms with Gasteiger partial charge >= 0.3 is 0 Å². The Morgan fingerprint density at radius 2 is 1.53 bits per heavy atom. The normalized spacial score (nSPS) is 17.6. The minimum atomic E-state index is -4.42. The first-order valence-corrected chi connectivity index (χ1v) is 10.9. The summed E-state index contributed by atoms with van der Waals surface area (Å²) in [5, 5.41) is 11.2. The number of nitro groups is 1. The lowest BCUT2D eigenvalue weighted by Crippen LogP contribution is -2.52. The van der Waals surface area contributed by atoms with Crippen LogP contribution in [0.2, 0.25) is 0 Å². The minimum Gasteiger partial charge on any atom is -0.283 e. The molecule has 13 heteroatoms. The summed E-state index contributed by atoms with van der Waals surface area (Å²) in [5.41, 5.74) is -0.814. The molecule has 0 atom stereocenters. The molecule has 1 fully saturated rings. The zero-order chi connectivity index (χ0) is 23.2. The Morgan fingerprint density at radius 3 is 2.12 bits per heavy atom. The van der Waals surface area contributed by atoms with Crippen LogP contribution >= 0.6 is 0 Å². The van der Waals surface area contributed by atoms with E-state index < -0.39 is 49.0 Å². The van der Waals surface area contributed by atoms with Crippen LogP contribution in [0.25, 0.3) is 0 Å². The van der Waals surface area contributed by atoms with Gasteiger partial charge in [0.05, 0.1) is 17.2 Å². The average Bonchev–Trinajstić information content (AvgIpc) is 2.99. The Bertz CT molecular complexity index is 1220. The van der Waals surface area contributed by atoms with Gasteiger partial charge in [0.2, 0.25) is 10.0 Å². The third kappa shape index (κ3) is 3.53. The highest BCUT2D eigenvalue weighted by Gasteiger charge is 2.42. The number of hydrogen-bond donors (Lipinski definition) is 0. The van der Waals surface area contributed by atoms with Gasteiger partial charge in [-0.3, -0.25) is 29.5 Å². The second kappa shape index (κ2) is 8.00. The lowest BCUT2D eigenvalue weighted by Gasteiger charge is -2.35. The van der Waals surface area contributed by atoms with Crippen LogP contribution in [-0.2, 0) is 10.0 Å². The van der Waals surface area contributed by atoms with Crippen molar-refractivity contribution in [1.82, 2.24) is 14.1 Å². The van der Waals surface area contributed by atoms with Gasteiger partial charge in [-0.25, -0.2) is 17.2 Å². The van der Waals surface area contributed by atoms with Crippen molar-refractivity contribution in [2.45, 2.75) is 4.90 Å². The van der Waals surface area contributed by atoms with E-state index in [1.54, 1.807) is 4.90 Å². The fraction of sp³-hybridized carbons (Fsp3) is 0.263. The highest BCUT2D eigenvalue weighted by molar-refractivity contribution is 7.89. The van der Waals surface area contributed by atoms with E-state index in [1.807, 2.05) is 0 Å². The smallest absolute Gasteiger partial charge is 0.282 e. The first kappa shape index (κ1) is 21.9. The van der Waals surface area contributed by atoms with E-state index in [4.69, 9.17) is 0 Å². The molecular weight excluding hydrogens is 450 g/mol. The van der Waals surface area contributed by atoms with Crippen molar-refractivity contribution in [2.24, 2.45) is 0 Å². The highest BCUT2D eigenvalue weighted by Crippen LogP contribution is 2.31. The van der Waals surface area contributed by atoms with E-state index in [0.717, 1.165) is 33.5 Å². The molecule has 0 N–H and O–H groups in total. The fourth-order valence-corrected chi connectivity index (χ4v) is 5.30. The molecule has 2 aromatic rings. The molecule has 4 rings (SSSR count). The summed E-state index contributed by atoms with van der Waals surface area (Å²) in [7, 11) is -4.42. The van der Waals surface area contributed by atoms with Gasteiger partial charge in [0, 0.05) is 32.2 Å². The number of hydrogen-bond acceptors (Lipinski definition) is 7. The molecule has 2 amide bonds. The lowest BCUT2D eigenvalue weighted by atomic mass is 10.1. The van der Waals surface area contributed by atoms with Crippen molar-refractivity contribution in [3.05, 3.63) is 69.3 Å².